The number of nitrogens with zero attached hydrogens (tertiary/aromatic N) is 3. The van der Waals surface area contributed by atoms with Gasteiger partial charge in [-0.2, -0.15) is 4.99 Å². The van der Waals surface area contributed by atoms with Crippen LogP contribution < -0.4 is 10.7 Å². The predicted molar refractivity (Wildman–Crippen MR) is 68.8 cm³/mol. The monoisotopic (exact) mass is 253 g/mol. The van der Waals surface area contributed by atoms with Gasteiger partial charge in [0.1, 0.15) is 0 Å². The molecule has 1 aliphatic rings. The van der Waals surface area contributed by atoms with Crippen LogP contribution in [0.1, 0.15) is 5.56 Å². The van der Waals surface area contributed by atoms with Gasteiger partial charge in [-0.1, -0.05) is 35.5 Å². The average molecular weight is 254 g/mol. The van der Waals surface area contributed by atoms with Crippen LogP contribution in [0.15, 0.2) is 34.4 Å². The van der Waals surface area contributed by atoms with Crippen molar-refractivity contribution in [3.05, 3.63) is 34.9 Å². The van der Waals surface area contributed by atoms with Gasteiger partial charge in [0.05, 0.1) is 0 Å². The summed E-state index contributed by atoms with van der Waals surface area (Å²) in [5.74, 6) is 0.555. The van der Waals surface area contributed by atoms with E-state index >= 15 is 0 Å². The third-order valence-corrected chi connectivity index (χ3v) is 2.77. The van der Waals surface area contributed by atoms with Crippen LogP contribution in [0.25, 0.3) is 0 Å². The van der Waals surface area contributed by atoms with Crippen LogP contribution >= 0.6 is 23.4 Å². The highest BCUT2D eigenvalue weighted by molar-refractivity contribution is 8.13. The van der Waals surface area contributed by atoms with E-state index in [0.717, 1.165) is 10.6 Å². The number of guanidine groups is 1. The van der Waals surface area contributed by atoms with Gasteiger partial charge < -0.3 is 5.32 Å². The molecule has 1 aromatic carbocycles. The first-order valence-electron chi connectivity index (χ1n) is 4.67. The molecule has 2 rings (SSSR count). The van der Waals surface area contributed by atoms with Gasteiger partial charge in [0.2, 0.25) is 11.1 Å². The second-order valence-electron chi connectivity index (χ2n) is 3.10. The highest BCUT2D eigenvalue weighted by Gasteiger charge is 2.09. The summed E-state index contributed by atoms with van der Waals surface area (Å²) < 4.78 is 0. The lowest BCUT2D eigenvalue weighted by atomic mass is 10.2. The van der Waals surface area contributed by atoms with Crippen LogP contribution in [0.3, 0.4) is 0 Å². The van der Waals surface area contributed by atoms with E-state index in [1.165, 1.54) is 11.8 Å². The Morgan fingerprint density at radius 1 is 1.31 bits per heavy atom. The molecule has 0 fully saturated rings. The molecule has 1 aliphatic heterocycles. The Morgan fingerprint density at radius 3 is 2.69 bits per heavy atom. The van der Waals surface area contributed by atoms with Crippen molar-refractivity contribution in [1.82, 2.24) is 10.7 Å². The molecule has 0 spiro atoms. The summed E-state index contributed by atoms with van der Waals surface area (Å²) in [7, 11) is 0. The highest BCUT2D eigenvalue weighted by atomic mass is 35.5. The van der Waals surface area contributed by atoms with E-state index in [-0.39, 0.29) is 0 Å². The van der Waals surface area contributed by atoms with E-state index < -0.39 is 0 Å². The van der Waals surface area contributed by atoms with Gasteiger partial charge in [-0.15, -0.1) is 10.5 Å². The van der Waals surface area contributed by atoms with Crippen LogP contribution in [-0.4, -0.2) is 17.4 Å². The Labute approximate surface area is 103 Å². The number of rotatable bonds is 2. The maximum Gasteiger partial charge on any atom is 0.245 e. The third kappa shape index (κ3) is 2.90. The van der Waals surface area contributed by atoms with E-state index in [4.69, 9.17) is 11.6 Å². The van der Waals surface area contributed by atoms with E-state index in [9.17, 15) is 0 Å². The maximum atomic E-state index is 5.79. The Bertz CT molecular complexity index is 427. The highest BCUT2D eigenvalue weighted by Crippen LogP contribution is 2.09. The summed E-state index contributed by atoms with van der Waals surface area (Å²) in [6.45, 7) is 0.663. The lowest BCUT2D eigenvalue weighted by Crippen LogP contribution is -2.27. The normalized spacial score (nSPS) is 14.1. The summed E-state index contributed by atoms with van der Waals surface area (Å²) in [4.78, 5) is 4.16. The number of aliphatic imine (C=N–C) groups is 1. The van der Waals surface area contributed by atoms with E-state index in [2.05, 4.69) is 20.8 Å². The van der Waals surface area contributed by atoms with Gasteiger partial charge in [0.25, 0.3) is 0 Å². The minimum absolute atomic E-state index is 0.555. The molecule has 0 saturated heterocycles. The fraction of sp³-hybridized carbons (Fsp3) is 0.200. The number of thioether (sulfide) groups is 1. The second-order valence-corrected chi connectivity index (χ2v) is 4.31. The van der Waals surface area contributed by atoms with Crippen molar-refractivity contribution in [3.8, 4) is 0 Å². The topological polar surface area (TPSA) is 50.9 Å². The molecule has 0 unspecified atom stereocenters. The average Bonchev–Trinajstić information content (AvgIpc) is 2.76. The van der Waals surface area contributed by atoms with Crippen molar-refractivity contribution < 1.29 is 0 Å². The smallest absolute Gasteiger partial charge is 0.245 e. The number of nitrogens with one attached hydrogen (secondary N) is 1. The van der Waals surface area contributed by atoms with Crippen LogP contribution in [-0.2, 0) is 6.54 Å². The number of hydrogen-bond acceptors (Lipinski definition) is 4. The lowest BCUT2D eigenvalue weighted by molar-refractivity contribution is 0.855. The molecule has 1 heterocycles. The second kappa shape index (κ2) is 5.23. The summed E-state index contributed by atoms with van der Waals surface area (Å²) in [6.07, 6.45) is 1.92. The van der Waals surface area contributed by atoms with E-state index in [1.807, 2.05) is 30.5 Å². The van der Waals surface area contributed by atoms with Gasteiger partial charge >= 0.3 is 0 Å². The van der Waals surface area contributed by atoms with Crippen LogP contribution in [0.2, 0.25) is 5.02 Å². The number of halogens is 1. The first kappa shape index (κ1) is 11.3. The fourth-order valence-corrected chi connectivity index (χ4v) is 1.60. The van der Waals surface area contributed by atoms with Crippen molar-refractivity contribution in [2.75, 3.05) is 6.26 Å². The standard InChI is InChI=1S/C10H10ClN4S/c1-16-10-13-9(14-15-10)12-6-7-2-4-8(11)5-3-7/h2-5H,6H2,1H3,(H,12,13,15). The largest absolute Gasteiger partial charge is 0.349 e. The fourth-order valence-electron chi connectivity index (χ4n) is 1.17. The predicted octanol–water partition coefficient (Wildman–Crippen LogP) is 2.04. The zero-order chi connectivity index (χ0) is 11.4. The first-order valence-corrected chi connectivity index (χ1v) is 6.28. The van der Waals surface area contributed by atoms with E-state index in [0.29, 0.717) is 17.7 Å². The van der Waals surface area contributed by atoms with Crippen molar-refractivity contribution in [2.24, 2.45) is 10.1 Å². The van der Waals surface area contributed by atoms with Gasteiger partial charge in [-0.25, -0.2) is 0 Å². The van der Waals surface area contributed by atoms with E-state index in [1.54, 1.807) is 0 Å². The Hall–Kier alpha value is -1.20. The third-order valence-electron chi connectivity index (χ3n) is 1.98. The quantitative estimate of drug-likeness (QED) is 0.877. The number of hydrogen-bond donors (Lipinski definition) is 1. The molecule has 0 atom stereocenters. The van der Waals surface area contributed by atoms with Gasteiger partial charge in [-0.05, 0) is 24.0 Å². The molecule has 6 heteroatoms. The molecule has 1 radical (unpaired) electrons. The summed E-state index contributed by atoms with van der Waals surface area (Å²) >= 11 is 7.26. The van der Waals surface area contributed by atoms with Gasteiger partial charge in [0.15, 0.2) is 0 Å². The lowest BCUT2D eigenvalue weighted by Gasteiger charge is -2.03. The molecule has 0 aliphatic carbocycles. The van der Waals surface area contributed by atoms with Crippen molar-refractivity contribution in [3.63, 3.8) is 0 Å². The zero-order valence-electron chi connectivity index (χ0n) is 8.64. The van der Waals surface area contributed by atoms with Crippen molar-refractivity contribution >= 4 is 34.5 Å². The van der Waals surface area contributed by atoms with Crippen molar-refractivity contribution in [1.29, 1.82) is 0 Å². The van der Waals surface area contributed by atoms with Crippen LogP contribution in [0.5, 0.6) is 0 Å². The molecule has 4 nitrogen and oxygen atoms in total. The minimum Gasteiger partial charge on any atom is -0.349 e. The number of benzene rings is 1. The number of amidine groups is 1. The minimum atomic E-state index is 0.555. The molecule has 16 heavy (non-hydrogen) atoms. The Balaban J connectivity index is 1.87. The van der Waals surface area contributed by atoms with Gasteiger partial charge in [0, 0.05) is 11.6 Å². The molecule has 0 saturated carbocycles. The maximum absolute atomic E-state index is 5.79. The molecular weight excluding hydrogens is 244 g/mol. The zero-order valence-corrected chi connectivity index (χ0v) is 10.2. The summed E-state index contributed by atoms with van der Waals surface area (Å²) in [5, 5.41) is 8.39. The van der Waals surface area contributed by atoms with Gasteiger partial charge in [-0.3, -0.25) is 0 Å². The molecule has 0 amide bonds. The molecule has 0 aromatic heterocycles. The Kier molecular flexibility index (Phi) is 3.69. The van der Waals surface area contributed by atoms with Crippen LogP contribution in [0.4, 0.5) is 0 Å². The first-order chi connectivity index (χ1) is 7.78. The van der Waals surface area contributed by atoms with Crippen molar-refractivity contribution in [2.45, 2.75) is 6.54 Å². The Morgan fingerprint density at radius 2 is 2.06 bits per heavy atom. The molecule has 1 aromatic rings. The molecule has 83 valence electrons. The SMILES string of the molecule is CSC1=N[N]C(NCc2ccc(Cl)cc2)=N1. The summed E-state index contributed by atoms with van der Waals surface area (Å²) in [6, 6.07) is 7.63. The molecular formula is C10H10ClN4S. The molecule has 1 N–H and O–H groups in total. The summed E-state index contributed by atoms with van der Waals surface area (Å²) in [5.41, 5.74) is 5.03. The van der Waals surface area contributed by atoms with Crippen LogP contribution in [0, 0.1) is 0 Å². The molecule has 0 bridgehead atoms.